The predicted octanol–water partition coefficient (Wildman–Crippen LogP) is 4.48. The lowest BCUT2D eigenvalue weighted by Crippen LogP contribution is -2.35. The number of hydrogen-bond acceptors (Lipinski definition) is 3. The maximum absolute atomic E-state index is 12.9. The zero-order valence-corrected chi connectivity index (χ0v) is 15.3. The van der Waals surface area contributed by atoms with Gasteiger partial charge < -0.3 is 10.1 Å². The van der Waals surface area contributed by atoms with Crippen LogP contribution in [0.1, 0.15) is 63.4 Å². The first kappa shape index (κ1) is 18.0. The van der Waals surface area contributed by atoms with Crippen LogP contribution in [0.3, 0.4) is 0 Å². The number of allylic oxidation sites excluding steroid dienone is 1. The summed E-state index contributed by atoms with van der Waals surface area (Å²) < 4.78 is 5.82. The Labute approximate surface area is 153 Å². The van der Waals surface area contributed by atoms with Crippen LogP contribution >= 0.6 is 11.6 Å². The van der Waals surface area contributed by atoms with Gasteiger partial charge in [0, 0.05) is 23.1 Å². The molecule has 1 aromatic rings. The number of hydrogen-bond donors (Lipinski definition) is 1. The maximum atomic E-state index is 12.9. The molecule has 4 nitrogen and oxygen atoms in total. The van der Waals surface area contributed by atoms with Crippen LogP contribution in [0.25, 0.3) is 0 Å². The average molecular weight is 362 g/mol. The number of benzene rings is 1. The number of amides is 1. The third-order valence-electron chi connectivity index (χ3n) is 5.04. The molecular weight excluding hydrogens is 338 g/mol. The quantitative estimate of drug-likeness (QED) is 0.637. The monoisotopic (exact) mass is 361 g/mol. The van der Waals surface area contributed by atoms with Gasteiger partial charge in [0.2, 0.25) is 5.91 Å². The number of carbonyl (C=O) groups excluding carboxylic acids is 2. The van der Waals surface area contributed by atoms with Gasteiger partial charge in [0.1, 0.15) is 6.10 Å². The summed E-state index contributed by atoms with van der Waals surface area (Å²) in [6.07, 6.45) is 6.71. The van der Waals surface area contributed by atoms with Crippen LogP contribution < -0.4 is 5.32 Å². The Morgan fingerprint density at radius 2 is 1.76 bits per heavy atom. The fourth-order valence-corrected chi connectivity index (χ4v) is 3.85. The van der Waals surface area contributed by atoms with Crippen molar-refractivity contribution in [2.75, 3.05) is 0 Å². The standard InChI is InChI=1S/C20H24ClNO3/c1-13-19(20(24)25-16-6-4-2-3-5-7-16)17(12-18(23)22-13)14-8-10-15(21)11-9-14/h8-11,16-17H,2-7,12H2,1H3,(H,22,23)/t17-/m1/s1. The van der Waals surface area contributed by atoms with Crippen molar-refractivity contribution >= 4 is 23.5 Å². The van der Waals surface area contributed by atoms with Crippen LogP contribution in [0.4, 0.5) is 0 Å². The van der Waals surface area contributed by atoms with E-state index in [9.17, 15) is 9.59 Å². The average Bonchev–Trinajstić information content (AvgIpc) is 2.83. The highest BCUT2D eigenvalue weighted by Gasteiger charge is 2.33. The molecule has 1 amide bonds. The number of esters is 1. The Morgan fingerprint density at radius 1 is 1.12 bits per heavy atom. The van der Waals surface area contributed by atoms with Gasteiger partial charge in [0.25, 0.3) is 0 Å². The molecule has 0 aromatic heterocycles. The molecule has 1 aliphatic carbocycles. The highest BCUT2D eigenvalue weighted by molar-refractivity contribution is 6.30. The zero-order valence-electron chi connectivity index (χ0n) is 14.5. The van der Waals surface area contributed by atoms with E-state index in [-0.39, 0.29) is 30.3 Å². The van der Waals surface area contributed by atoms with Crippen LogP contribution in [0.15, 0.2) is 35.5 Å². The lowest BCUT2D eigenvalue weighted by Gasteiger charge is -2.28. The highest BCUT2D eigenvalue weighted by atomic mass is 35.5. The van der Waals surface area contributed by atoms with Gasteiger partial charge in [-0.1, -0.05) is 36.6 Å². The molecule has 5 heteroatoms. The van der Waals surface area contributed by atoms with E-state index in [4.69, 9.17) is 16.3 Å². The van der Waals surface area contributed by atoms with Gasteiger partial charge in [0.15, 0.2) is 0 Å². The molecule has 1 aliphatic heterocycles. The van der Waals surface area contributed by atoms with E-state index in [2.05, 4.69) is 5.32 Å². The number of rotatable bonds is 3. The third kappa shape index (κ3) is 4.43. The van der Waals surface area contributed by atoms with E-state index in [0.717, 1.165) is 31.2 Å². The molecule has 0 bridgehead atoms. The largest absolute Gasteiger partial charge is 0.459 e. The minimum atomic E-state index is -0.302. The van der Waals surface area contributed by atoms with Gasteiger partial charge >= 0.3 is 5.97 Å². The smallest absolute Gasteiger partial charge is 0.336 e. The Morgan fingerprint density at radius 3 is 2.40 bits per heavy atom. The fraction of sp³-hybridized carbons (Fsp3) is 0.500. The summed E-state index contributed by atoms with van der Waals surface area (Å²) in [7, 11) is 0. The topological polar surface area (TPSA) is 55.4 Å². The van der Waals surface area contributed by atoms with Crippen LogP contribution in [0.2, 0.25) is 5.02 Å². The van der Waals surface area contributed by atoms with Gasteiger partial charge in [-0.05, 0) is 50.3 Å². The first-order valence-corrected chi connectivity index (χ1v) is 9.39. The molecule has 1 atom stereocenters. The van der Waals surface area contributed by atoms with E-state index in [0.29, 0.717) is 16.3 Å². The van der Waals surface area contributed by atoms with Crippen LogP contribution in [-0.4, -0.2) is 18.0 Å². The Bertz CT molecular complexity index is 673. The Kier molecular flexibility index (Phi) is 5.79. The molecule has 25 heavy (non-hydrogen) atoms. The molecule has 1 N–H and O–H groups in total. The second-order valence-electron chi connectivity index (χ2n) is 6.91. The minimum absolute atomic E-state index is 0.0150. The summed E-state index contributed by atoms with van der Waals surface area (Å²) in [5.74, 6) is -0.669. The van der Waals surface area contributed by atoms with Crippen molar-refractivity contribution in [3.63, 3.8) is 0 Å². The lowest BCUT2D eigenvalue weighted by molar-refractivity contribution is -0.145. The summed E-state index contributed by atoms with van der Waals surface area (Å²) in [5, 5.41) is 3.42. The van der Waals surface area contributed by atoms with Gasteiger partial charge in [-0.3, -0.25) is 4.79 Å². The van der Waals surface area contributed by atoms with Crippen LogP contribution in [0.5, 0.6) is 0 Å². The number of nitrogens with one attached hydrogen (secondary N) is 1. The lowest BCUT2D eigenvalue weighted by atomic mass is 9.84. The maximum Gasteiger partial charge on any atom is 0.336 e. The molecule has 3 rings (SSSR count). The first-order chi connectivity index (χ1) is 12.0. The van der Waals surface area contributed by atoms with E-state index in [1.807, 2.05) is 12.1 Å². The summed E-state index contributed by atoms with van der Waals surface area (Å²) >= 11 is 5.97. The Balaban J connectivity index is 1.83. The number of carbonyl (C=O) groups is 2. The number of halogens is 1. The van der Waals surface area contributed by atoms with Gasteiger partial charge in [-0.15, -0.1) is 0 Å². The SMILES string of the molecule is CC1=C(C(=O)OC2CCCCCC2)[C@@H](c2ccc(Cl)cc2)CC(=O)N1. The van der Waals surface area contributed by atoms with E-state index >= 15 is 0 Å². The molecule has 2 aliphatic rings. The summed E-state index contributed by atoms with van der Waals surface area (Å²) in [6, 6.07) is 7.32. The molecule has 134 valence electrons. The summed E-state index contributed by atoms with van der Waals surface area (Å²) in [5.41, 5.74) is 2.06. The summed E-state index contributed by atoms with van der Waals surface area (Å²) in [6.45, 7) is 1.77. The van der Waals surface area contributed by atoms with Gasteiger partial charge in [-0.2, -0.15) is 0 Å². The van der Waals surface area contributed by atoms with E-state index in [1.54, 1.807) is 19.1 Å². The van der Waals surface area contributed by atoms with E-state index in [1.165, 1.54) is 12.8 Å². The summed E-state index contributed by atoms with van der Waals surface area (Å²) in [4.78, 5) is 24.9. The van der Waals surface area contributed by atoms with Crippen molar-refractivity contribution in [1.82, 2.24) is 5.32 Å². The number of ether oxygens (including phenoxy) is 1. The van der Waals surface area contributed by atoms with Crippen LogP contribution in [0, 0.1) is 0 Å². The second kappa shape index (κ2) is 8.05. The van der Waals surface area contributed by atoms with Crippen molar-refractivity contribution in [1.29, 1.82) is 0 Å². The van der Waals surface area contributed by atoms with Crippen molar-refractivity contribution in [3.05, 3.63) is 46.1 Å². The first-order valence-electron chi connectivity index (χ1n) is 9.01. The van der Waals surface area contributed by atoms with Crippen molar-refractivity contribution in [2.45, 2.75) is 63.9 Å². The predicted molar refractivity (Wildman–Crippen MR) is 97.2 cm³/mol. The highest BCUT2D eigenvalue weighted by Crippen LogP contribution is 2.34. The molecule has 1 aromatic carbocycles. The van der Waals surface area contributed by atoms with Gasteiger partial charge in [-0.25, -0.2) is 4.79 Å². The van der Waals surface area contributed by atoms with Crippen molar-refractivity contribution in [3.8, 4) is 0 Å². The van der Waals surface area contributed by atoms with Gasteiger partial charge in [0.05, 0.1) is 5.57 Å². The van der Waals surface area contributed by atoms with Crippen molar-refractivity contribution < 1.29 is 14.3 Å². The fourth-order valence-electron chi connectivity index (χ4n) is 3.73. The van der Waals surface area contributed by atoms with Crippen LogP contribution in [-0.2, 0) is 14.3 Å². The molecule has 0 spiro atoms. The molecule has 1 fully saturated rings. The van der Waals surface area contributed by atoms with Crippen molar-refractivity contribution in [2.24, 2.45) is 0 Å². The second-order valence-corrected chi connectivity index (χ2v) is 7.35. The minimum Gasteiger partial charge on any atom is -0.459 e. The molecule has 0 unspecified atom stereocenters. The van der Waals surface area contributed by atoms with E-state index < -0.39 is 0 Å². The molecule has 0 saturated heterocycles. The molecule has 0 radical (unpaired) electrons. The molecule has 1 saturated carbocycles. The molecule has 1 heterocycles. The normalized spacial score (nSPS) is 22.3. The Hall–Kier alpha value is -1.81. The zero-order chi connectivity index (χ0) is 17.8. The molecular formula is C20H24ClNO3. The third-order valence-corrected chi connectivity index (χ3v) is 5.29.